The second kappa shape index (κ2) is 10.9. The molecule has 1 atom stereocenters. The molecule has 1 unspecified atom stereocenters. The van der Waals surface area contributed by atoms with E-state index in [1.165, 1.54) is 0 Å². The van der Waals surface area contributed by atoms with Gasteiger partial charge >= 0.3 is 0 Å². The number of aromatic nitrogens is 2. The van der Waals surface area contributed by atoms with Crippen LogP contribution in [-0.2, 0) is 4.79 Å². The van der Waals surface area contributed by atoms with Crippen molar-refractivity contribution in [3.63, 3.8) is 0 Å². The minimum atomic E-state index is -0.0859. The van der Waals surface area contributed by atoms with Gasteiger partial charge in [0.2, 0.25) is 6.41 Å². The van der Waals surface area contributed by atoms with Crippen LogP contribution >= 0.6 is 0 Å². The van der Waals surface area contributed by atoms with Gasteiger partial charge in [0, 0.05) is 11.6 Å². The normalized spacial score (nSPS) is 21.5. The number of amides is 1. The molecule has 1 aliphatic carbocycles. The van der Waals surface area contributed by atoms with Gasteiger partial charge in [-0.25, -0.2) is 4.68 Å². The first kappa shape index (κ1) is 20.4. The molecule has 5 nitrogen and oxygen atoms in total. The van der Waals surface area contributed by atoms with Gasteiger partial charge in [-0.2, -0.15) is 5.10 Å². The summed E-state index contributed by atoms with van der Waals surface area (Å²) in [6, 6.07) is 1.77. The Morgan fingerprint density at radius 2 is 2.19 bits per heavy atom. The van der Waals surface area contributed by atoms with Crippen molar-refractivity contribution in [3.05, 3.63) is 78.1 Å². The number of hydrogen-bond donors (Lipinski definition) is 2. The summed E-state index contributed by atoms with van der Waals surface area (Å²) in [5.41, 5.74) is 2.53. The van der Waals surface area contributed by atoms with E-state index in [1.807, 2.05) is 49.4 Å². The lowest BCUT2D eigenvalue weighted by molar-refractivity contribution is -0.105. The second-order valence-corrected chi connectivity index (χ2v) is 6.19. The van der Waals surface area contributed by atoms with Gasteiger partial charge < -0.3 is 10.4 Å². The third-order valence-corrected chi connectivity index (χ3v) is 4.01. The molecule has 1 heterocycles. The maximum atomic E-state index is 11.1. The zero-order valence-corrected chi connectivity index (χ0v) is 15.9. The van der Waals surface area contributed by atoms with Crippen LogP contribution in [0.3, 0.4) is 0 Å². The van der Waals surface area contributed by atoms with Gasteiger partial charge in [-0.1, -0.05) is 67.7 Å². The van der Waals surface area contributed by atoms with E-state index in [2.05, 4.69) is 36.5 Å². The molecule has 0 radical (unpaired) electrons. The number of nitrogens with one attached hydrogen (secondary N) is 1. The molecule has 0 spiro atoms. The molecule has 0 aromatic carbocycles. The molecule has 142 valence electrons. The first-order chi connectivity index (χ1) is 13.2. The molecule has 0 fully saturated rings. The zero-order valence-electron chi connectivity index (χ0n) is 15.9. The largest absolute Gasteiger partial charge is 0.392 e. The van der Waals surface area contributed by atoms with Crippen LogP contribution in [0.15, 0.2) is 72.4 Å². The molecular formula is C22H27N3O2. The summed E-state index contributed by atoms with van der Waals surface area (Å²) in [7, 11) is 0. The average molecular weight is 365 g/mol. The summed E-state index contributed by atoms with van der Waals surface area (Å²) in [6.07, 6.45) is 22.5. The summed E-state index contributed by atoms with van der Waals surface area (Å²) < 4.78 is 1.80. The molecule has 0 saturated carbocycles. The first-order valence-electron chi connectivity index (χ1n) is 9.14. The number of aliphatic hydroxyl groups excluding tert-OH is 1. The summed E-state index contributed by atoms with van der Waals surface area (Å²) in [5, 5.41) is 16.7. The zero-order chi connectivity index (χ0) is 19.5. The lowest BCUT2D eigenvalue weighted by Gasteiger charge is -2.13. The van der Waals surface area contributed by atoms with E-state index in [0.717, 1.165) is 29.7 Å². The third-order valence-electron chi connectivity index (χ3n) is 4.01. The highest BCUT2D eigenvalue weighted by atomic mass is 16.3. The summed E-state index contributed by atoms with van der Waals surface area (Å²) in [5.74, 6) is 0.627. The van der Waals surface area contributed by atoms with Crippen molar-refractivity contribution in [2.45, 2.75) is 32.7 Å². The highest BCUT2D eigenvalue weighted by molar-refractivity contribution is 5.77. The van der Waals surface area contributed by atoms with E-state index < -0.39 is 0 Å². The number of rotatable bonds is 8. The number of aliphatic hydroxyl groups is 1. The summed E-state index contributed by atoms with van der Waals surface area (Å²) >= 11 is 0. The number of allylic oxidation sites excluding steroid dienone is 11. The van der Waals surface area contributed by atoms with Crippen molar-refractivity contribution in [2.75, 3.05) is 11.9 Å². The SMILES string of the molecule is CC\C=C/C(=C\C=C(/C)CO)c1cc(NC=O)n(C2/C=C\C=C/C/C=C\2)n1. The van der Waals surface area contributed by atoms with Crippen LogP contribution in [-0.4, -0.2) is 27.9 Å². The number of carbonyl (C=O) groups excluding carboxylic acids is 1. The van der Waals surface area contributed by atoms with Crippen LogP contribution in [0.5, 0.6) is 0 Å². The Kier molecular flexibility index (Phi) is 8.26. The predicted molar refractivity (Wildman–Crippen MR) is 111 cm³/mol. The topological polar surface area (TPSA) is 67.2 Å². The molecule has 2 N–H and O–H groups in total. The smallest absolute Gasteiger partial charge is 0.212 e. The monoisotopic (exact) mass is 365 g/mol. The molecule has 27 heavy (non-hydrogen) atoms. The minimum absolute atomic E-state index is 0.0127. The Bertz CT molecular complexity index is 808. The van der Waals surface area contributed by atoms with Gasteiger partial charge in [0.15, 0.2) is 0 Å². The van der Waals surface area contributed by atoms with Crippen molar-refractivity contribution in [2.24, 2.45) is 0 Å². The van der Waals surface area contributed by atoms with Crippen molar-refractivity contribution >= 4 is 17.8 Å². The molecule has 1 amide bonds. The molecule has 1 aromatic heterocycles. The Labute approximate surface area is 160 Å². The fourth-order valence-electron chi connectivity index (χ4n) is 2.55. The fourth-order valence-corrected chi connectivity index (χ4v) is 2.55. The third kappa shape index (κ3) is 6.08. The van der Waals surface area contributed by atoms with Crippen LogP contribution in [0, 0.1) is 0 Å². The van der Waals surface area contributed by atoms with Crippen molar-refractivity contribution in [3.8, 4) is 0 Å². The van der Waals surface area contributed by atoms with Crippen LogP contribution < -0.4 is 5.32 Å². The highest BCUT2D eigenvalue weighted by Crippen LogP contribution is 2.25. The number of nitrogens with zero attached hydrogens (tertiary/aromatic N) is 2. The summed E-state index contributed by atoms with van der Waals surface area (Å²) in [6.45, 7) is 3.95. The molecule has 2 rings (SSSR count). The van der Waals surface area contributed by atoms with Gasteiger partial charge in [-0.15, -0.1) is 0 Å². The number of hydrogen-bond acceptors (Lipinski definition) is 3. The molecule has 0 aliphatic heterocycles. The van der Waals surface area contributed by atoms with Gasteiger partial charge in [0.25, 0.3) is 0 Å². The number of carbonyl (C=O) groups is 1. The standard InChI is InChI=1S/C22H27N3O2/c1-3-4-10-19(14-13-18(2)16-26)21-15-22(23-17-27)25(24-21)20-11-8-6-5-7-9-12-20/h4-6,8-15,17,20,26H,3,7,16H2,1-2H3,(H,23,27)/b6-5-,10-4-,11-8-,12-9-,18-13+,19-14+. The van der Waals surface area contributed by atoms with E-state index in [0.29, 0.717) is 12.2 Å². The maximum Gasteiger partial charge on any atom is 0.212 e. The highest BCUT2D eigenvalue weighted by Gasteiger charge is 2.14. The summed E-state index contributed by atoms with van der Waals surface area (Å²) in [4.78, 5) is 11.1. The van der Waals surface area contributed by atoms with Crippen LogP contribution in [0.4, 0.5) is 5.82 Å². The first-order valence-corrected chi connectivity index (χ1v) is 9.14. The van der Waals surface area contributed by atoms with E-state index in [1.54, 1.807) is 4.68 Å². The molecular weight excluding hydrogens is 338 g/mol. The van der Waals surface area contributed by atoms with Crippen molar-refractivity contribution < 1.29 is 9.90 Å². The van der Waals surface area contributed by atoms with E-state index in [9.17, 15) is 9.90 Å². The van der Waals surface area contributed by atoms with Gasteiger partial charge in [-0.05, 0) is 25.3 Å². The molecule has 1 aliphatic rings. The Hall–Kier alpha value is -2.92. The Morgan fingerprint density at radius 1 is 1.33 bits per heavy atom. The Balaban J connectivity index is 2.48. The van der Waals surface area contributed by atoms with Gasteiger partial charge in [0.05, 0.1) is 18.3 Å². The van der Waals surface area contributed by atoms with E-state index in [-0.39, 0.29) is 12.6 Å². The van der Waals surface area contributed by atoms with Crippen LogP contribution in [0.2, 0.25) is 0 Å². The lowest BCUT2D eigenvalue weighted by Crippen LogP contribution is -2.11. The average Bonchev–Trinajstić information content (AvgIpc) is 3.05. The van der Waals surface area contributed by atoms with Crippen molar-refractivity contribution in [1.29, 1.82) is 0 Å². The van der Waals surface area contributed by atoms with Gasteiger partial charge in [0.1, 0.15) is 5.82 Å². The molecule has 0 bridgehead atoms. The second-order valence-electron chi connectivity index (χ2n) is 6.19. The maximum absolute atomic E-state index is 11.1. The van der Waals surface area contributed by atoms with E-state index in [4.69, 9.17) is 5.10 Å². The Morgan fingerprint density at radius 3 is 2.93 bits per heavy atom. The van der Waals surface area contributed by atoms with Gasteiger partial charge in [-0.3, -0.25) is 4.79 Å². The van der Waals surface area contributed by atoms with Crippen LogP contribution in [0.1, 0.15) is 38.4 Å². The lowest BCUT2D eigenvalue weighted by atomic mass is 10.1. The molecule has 1 aromatic rings. The number of anilines is 1. The van der Waals surface area contributed by atoms with Crippen molar-refractivity contribution in [1.82, 2.24) is 9.78 Å². The predicted octanol–water partition coefficient (Wildman–Crippen LogP) is 4.35. The fraction of sp³-hybridized carbons (Fsp3) is 0.273. The molecule has 0 saturated heterocycles. The quantitative estimate of drug-likeness (QED) is 0.409. The van der Waals surface area contributed by atoms with E-state index >= 15 is 0 Å². The molecule has 5 heteroatoms. The van der Waals surface area contributed by atoms with Crippen LogP contribution in [0.25, 0.3) is 5.57 Å². The minimum Gasteiger partial charge on any atom is -0.392 e.